The Balaban J connectivity index is 1.84. The van der Waals surface area contributed by atoms with Crippen LogP contribution in [0.25, 0.3) is 0 Å². The van der Waals surface area contributed by atoms with Crippen molar-refractivity contribution in [2.24, 2.45) is 0 Å². The number of nitrogens with one attached hydrogen (secondary N) is 1. The Kier molecular flexibility index (Phi) is 4.85. The van der Waals surface area contributed by atoms with Crippen LogP contribution in [0.3, 0.4) is 0 Å². The van der Waals surface area contributed by atoms with Gasteiger partial charge < -0.3 is 20.1 Å². The highest BCUT2D eigenvalue weighted by molar-refractivity contribution is 7.11. The van der Waals surface area contributed by atoms with E-state index in [0.717, 1.165) is 9.88 Å². The van der Waals surface area contributed by atoms with Gasteiger partial charge in [0.1, 0.15) is 10.6 Å². The average Bonchev–Trinajstić information content (AvgIpc) is 2.91. The maximum atomic E-state index is 12.0. The van der Waals surface area contributed by atoms with Crippen molar-refractivity contribution in [1.82, 2.24) is 15.2 Å². The van der Waals surface area contributed by atoms with Gasteiger partial charge in [0.25, 0.3) is 0 Å². The van der Waals surface area contributed by atoms with Crippen LogP contribution >= 0.6 is 11.3 Å². The van der Waals surface area contributed by atoms with Gasteiger partial charge in [0.15, 0.2) is 0 Å². The summed E-state index contributed by atoms with van der Waals surface area (Å²) in [5, 5.41) is 14.3. The minimum atomic E-state index is -0.585. The summed E-state index contributed by atoms with van der Waals surface area (Å²) in [4.78, 5) is 19.0. The number of carbonyl (C=O) groups is 1. The topological polar surface area (TPSA) is 74.7 Å². The van der Waals surface area contributed by atoms with E-state index in [1.165, 1.54) is 0 Å². The zero-order valence-corrected chi connectivity index (χ0v) is 13.7. The lowest BCUT2D eigenvalue weighted by molar-refractivity contribution is 0.0270. The third-order valence-corrected chi connectivity index (χ3v) is 4.04. The molecule has 2 atom stereocenters. The first-order valence-electron chi connectivity index (χ1n) is 7.05. The SMILES string of the molecule is Cc1cnc(CN[C@H]2CN(C(=O)OC(C)(C)C)C[C@@H]2O)s1. The first kappa shape index (κ1) is 16.2. The molecule has 0 radical (unpaired) electrons. The zero-order valence-electron chi connectivity index (χ0n) is 12.9. The standard InChI is InChI=1S/C14H23N3O3S/c1-9-5-16-12(21-9)6-15-10-7-17(8-11(10)18)13(19)20-14(2,3)4/h5,10-11,15,18H,6-8H2,1-4H3/t10-,11-/m0/s1. The number of ether oxygens (including phenoxy) is 1. The molecule has 1 aliphatic rings. The number of amides is 1. The summed E-state index contributed by atoms with van der Waals surface area (Å²) in [6, 6.07) is -0.151. The minimum absolute atomic E-state index is 0.151. The number of aromatic nitrogens is 1. The number of hydrogen-bond acceptors (Lipinski definition) is 6. The highest BCUT2D eigenvalue weighted by Gasteiger charge is 2.35. The molecule has 0 aliphatic carbocycles. The van der Waals surface area contributed by atoms with Crippen LogP contribution < -0.4 is 5.32 Å². The molecular weight excluding hydrogens is 290 g/mol. The number of nitrogens with zero attached hydrogens (tertiary/aromatic N) is 2. The van der Waals surface area contributed by atoms with Crippen molar-refractivity contribution in [2.45, 2.75) is 52.0 Å². The first-order chi connectivity index (χ1) is 9.74. The van der Waals surface area contributed by atoms with E-state index >= 15 is 0 Å². The molecule has 1 fully saturated rings. The predicted octanol–water partition coefficient (Wildman–Crippen LogP) is 1.52. The van der Waals surface area contributed by atoms with Gasteiger partial charge in [0.2, 0.25) is 0 Å². The number of carbonyl (C=O) groups excluding carboxylic acids is 1. The van der Waals surface area contributed by atoms with Crippen molar-refractivity contribution in [1.29, 1.82) is 0 Å². The van der Waals surface area contributed by atoms with E-state index in [0.29, 0.717) is 19.6 Å². The number of hydrogen-bond donors (Lipinski definition) is 2. The predicted molar refractivity (Wildman–Crippen MR) is 81.3 cm³/mol. The Morgan fingerprint density at radius 2 is 2.29 bits per heavy atom. The second-order valence-corrected chi connectivity index (χ2v) is 7.62. The van der Waals surface area contributed by atoms with Crippen LogP contribution in [0.2, 0.25) is 0 Å². The molecule has 0 aromatic carbocycles. The number of aryl methyl sites for hydroxylation is 1. The summed E-state index contributed by atoms with van der Waals surface area (Å²) >= 11 is 1.63. The zero-order chi connectivity index (χ0) is 15.6. The van der Waals surface area contributed by atoms with Gasteiger partial charge in [0, 0.05) is 24.2 Å². The number of likely N-dealkylation sites (tertiary alicyclic amines) is 1. The van der Waals surface area contributed by atoms with E-state index in [4.69, 9.17) is 4.74 Å². The normalized spacial score (nSPS) is 22.6. The lowest BCUT2D eigenvalue weighted by atomic mass is 10.2. The van der Waals surface area contributed by atoms with Gasteiger partial charge in [-0.2, -0.15) is 0 Å². The summed E-state index contributed by atoms with van der Waals surface area (Å²) in [6.45, 7) is 8.84. The van der Waals surface area contributed by atoms with Gasteiger partial charge >= 0.3 is 6.09 Å². The molecule has 0 unspecified atom stereocenters. The van der Waals surface area contributed by atoms with E-state index < -0.39 is 11.7 Å². The van der Waals surface area contributed by atoms with Crippen LogP contribution in [0.15, 0.2) is 6.20 Å². The van der Waals surface area contributed by atoms with Crippen molar-refractivity contribution in [2.75, 3.05) is 13.1 Å². The molecule has 1 amide bonds. The monoisotopic (exact) mass is 313 g/mol. The second-order valence-electron chi connectivity index (χ2n) is 6.30. The van der Waals surface area contributed by atoms with Crippen molar-refractivity contribution >= 4 is 17.4 Å². The fourth-order valence-electron chi connectivity index (χ4n) is 2.16. The molecule has 118 valence electrons. The Morgan fingerprint density at radius 3 is 2.86 bits per heavy atom. The summed E-state index contributed by atoms with van der Waals surface area (Å²) in [5.41, 5.74) is -0.522. The molecule has 1 saturated heterocycles. The van der Waals surface area contributed by atoms with E-state index in [1.807, 2.05) is 33.9 Å². The smallest absolute Gasteiger partial charge is 0.410 e. The highest BCUT2D eigenvalue weighted by atomic mass is 32.1. The van der Waals surface area contributed by atoms with Crippen molar-refractivity contribution in [3.63, 3.8) is 0 Å². The maximum Gasteiger partial charge on any atom is 0.410 e. The van der Waals surface area contributed by atoms with Gasteiger partial charge in [-0.15, -0.1) is 11.3 Å². The molecular formula is C14H23N3O3S. The molecule has 1 aliphatic heterocycles. The molecule has 2 heterocycles. The Hall–Kier alpha value is -1.18. The van der Waals surface area contributed by atoms with E-state index in [-0.39, 0.29) is 12.1 Å². The Morgan fingerprint density at radius 1 is 1.57 bits per heavy atom. The number of rotatable bonds is 3. The number of thiazole rings is 1. The highest BCUT2D eigenvalue weighted by Crippen LogP contribution is 2.17. The van der Waals surface area contributed by atoms with Gasteiger partial charge in [-0.05, 0) is 27.7 Å². The second kappa shape index (κ2) is 6.29. The van der Waals surface area contributed by atoms with E-state index in [1.54, 1.807) is 16.2 Å². The summed E-state index contributed by atoms with van der Waals surface area (Å²) < 4.78 is 5.32. The van der Waals surface area contributed by atoms with E-state index in [9.17, 15) is 9.90 Å². The molecule has 1 aromatic heterocycles. The number of β-amino-alcohol motifs (C(OH)–C–C–N with tert-alkyl or cyclic N) is 1. The minimum Gasteiger partial charge on any atom is -0.444 e. The molecule has 0 spiro atoms. The number of aliphatic hydroxyl groups excluding tert-OH is 1. The fraction of sp³-hybridized carbons (Fsp3) is 0.714. The van der Waals surface area contributed by atoms with Crippen LogP contribution in [0.5, 0.6) is 0 Å². The molecule has 2 N–H and O–H groups in total. The molecule has 0 saturated carbocycles. The van der Waals surface area contributed by atoms with Crippen LogP contribution in [0.1, 0.15) is 30.7 Å². The third kappa shape index (κ3) is 4.66. The molecule has 21 heavy (non-hydrogen) atoms. The van der Waals surface area contributed by atoms with Gasteiger partial charge in [-0.3, -0.25) is 0 Å². The van der Waals surface area contributed by atoms with Crippen molar-refractivity contribution in [3.05, 3.63) is 16.1 Å². The summed E-state index contributed by atoms with van der Waals surface area (Å²) in [6.07, 6.45) is 0.870. The molecule has 2 rings (SSSR count). The van der Waals surface area contributed by atoms with Crippen molar-refractivity contribution in [3.8, 4) is 0 Å². The quantitative estimate of drug-likeness (QED) is 0.885. The first-order valence-corrected chi connectivity index (χ1v) is 7.87. The molecule has 7 heteroatoms. The van der Waals surface area contributed by atoms with Gasteiger partial charge in [-0.25, -0.2) is 9.78 Å². The molecule has 0 bridgehead atoms. The Labute approximate surface area is 129 Å². The van der Waals surface area contributed by atoms with Crippen LogP contribution in [0.4, 0.5) is 4.79 Å². The molecule has 1 aromatic rings. The Bertz CT molecular complexity index is 498. The average molecular weight is 313 g/mol. The van der Waals surface area contributed by atoms with Crippen LogP contribution in [-0.2, 0) is 11.3 Å². The summed E-state index contributed by atoms with van der Waals surface area (Å²) in [7, 11) is 0. The molecule has 6 nitrogen and oxygen atoms in total. The van der Waals surface area contributed by atoms with Gasteiger partial charge in [-0.1, -0.05) is 0 Å². The number of aliphatic hydroxyl groups is 1. The van der Waals surface area contributed by atoms with E-state index in [2.05, 4.69) is 10.3 Å². The largest absolute Gasteiger partial charge is 0.444 e. The lowest BCUT2D eigenvalue weighted by Crippen LogP contribution is -2.39. The lowest BCUT2D eigenvalue weighted by Gasteiger charge is -2.24. The fourth-order valence-corrected chi connectivity index (χ4v) is 2.90. The van der Waals surface area contributed by atoms with Gasteiger partial charge in [0.05, 0.1) is 18.7 Å². The summed E-state index contributed by atoms with van der Waals surface area (Å²) in [5.74, 6) is 0. The third-order valence-electron chi connectivity index (χ3n) is 3.13. The van der Waals surface area contributed by atoms with Crippen molar-refractivity contribution < 1.29 is 14.6 Å². The van der Waals surface area contributed by atoms with Crippen LogP contribution in [0, 0.1) is 6.92 Å². The maximum absolute atomic E-state index is 12.0. The van der Waals surface area contributed by atoms with Crippen LogP contribution in [-0.4, -0.2) is 51.9 Å².